The van der Waals surface area contributed by atoms with Gasteiger partial charge in [-0.05, 0) is 25.7 Å². The van der Waals surface area contributed by atoms with Gasteiger partial charge >= 0.3 is 0 Å². The maximum atomic E-state index is 10.9. The number of hydrogen-bond donors (Lipinski definition) is 0. The summed E-state index contributed by atoms with van der Waals surface area (Å²) in [7, 11) is -4.56. The fraction of sp³-hybridized carbons (Fsp3) is 1.00. The molecule has 0 aliphatic heterocycles. The van der Waals surface area contributed by atoms with Gasteiger partial charge in [0.1, 0.15) is 23.7 Å². The molecule has 2 saturated carbocycles. The number of rotatable bonds is 10. The van der Waals surface area contributed by atoms with Crippen molar-refractivity contribution in [3.63, 3.8) is 0 Å². The molecule has 1 unspecified atom stereocenters. The van der Waals surface area contributed by atoms with Gasteiger partial charge in [0.2, 0.25) is 0 Å². The van der Waals surface area contributed by atoms with Crippen LogP contribution in [0.5, 0.6) is 0 Å². The zero-order valence-corrected chi connectivity index (χ0v) is 10.8. The predicted molar refractivity (Wildman–Crippen MR) is 58.5 cm³/mol. The lowest BCUT2D eigenvalue weighted by Crippen LogP contribution is -2.31. The first-order valence-electron chi connectivity index (χ1n) is 5.93. The van der Waals surface area contributed by atoms with Crippen molar-refractivity contribution in [2.45, 2.75) is 43.3 Å². The Morgan fingerprint density at radius 2 is 1.61 bits per heavy atom. The van der Waals surface area contributed by atoms with Crippen molar-refractivity contribution in [1.82, 2.24) is 0 Å². The minimum atomic E-state index is -4.56. The molecular formula is C10H17O7S-. The van der Waals surface area contributed by atoms with Crippen LogP contribution in [0.3, 0.4) is 0 Å². The van der Waals surface area contributed by atoms with Crippen molar-refractivity contribution in [1.29, 1.82) is 0 Å². The van der Waals surface area contributed by atoms with Crippen LogP contribution in [-0.2, 0) is 29.1 Å². The van der Waals surface area contributed by atoms with Crippen molar-refractivity contribution in [2.24, 2.45) is 0 Å². The lowest BCUT2D eigenvalue weighted by atomic mass is 10.7. The number of ether oxygens (including phenoxy) is 4. The molecule has 0 aromatic carbocycles. The molecule has 1 atom stereocenters. The third kappa shape index (κ3) is 5.59. The Hall–Kier alpha value is -0.250. The highest BCUT2D eigenvalue weighted by Gasteiger charge is 2.25. The van der Waals surface area contributed by atoms with Gasteiger partial charge in [-0.1, -0.05) is 0 Å². The first-order valence-corrected chi connectivity index (χ1v) is 7.40. The van der Waals surface area contributed by atoms with Gasteiger partial charge in [-0.2, -0.15) is 0 Å². The van der Waals surface area contributed by atoms with E-state index in [0.717, 1.165) is 25.7 Å². The zero-order chi connectivity index (χ0) is 13.0. The molecule has 7 nitrogen and oxygen atoms in total. The predicted octanol–water partition coefficient (Wildman–Crippen LogP) is 0.164. The molecule has 0 saturated heterocycles. The van der Waals surface area contributed by atoms with Crippen LogP contribution in [0.15, 0.2) is 0 Å². The maximum absolute atomic E-state index is 10.9. The third-order valence-electron chi connectivity index (χ3n) is 2.57. The Labute approximate surface area is 106 Å². The first kappa shape index (κ1) is 14.2. The SMILES string of the molecule is O=S(=O)([O-])C(COCOC1CC1)OCOC1CC1. The molecule has 2 aliphatic rings. The summed E-state index contributed by atoms with van der Waals surface area (Å²) in [6, 6.07) is 0. The maximum Gasteiger partial charge on any atom is 0.173 e. The van der Waals surface area contributed by atoms with E-state index in [9.17, 15) is 13.0 Å². The molecule has 0 bridgehead atoms. The van der Waals surface area contributed by atoms with Gasteiger partial charge in [0, 0.05) is 0 Å². The minimum absolute atomic E-state index is 0.0243. The summed E-state index contributed by atoms with van der Waals surface area (Å²) >= 11 is 0. The molecule has 106 valence electrons. The normalized spacial score (nSPS) is 22.1. The number of hydrogen-bond acceptors (Lipinski definition) is 7. The van der Waals surface area contributed by atoms with E-state index in [2.05, 4.69) is 0 Å². The molecule has 0 aromatic rings. The van der Waals surface area contributed by atoms with Gasteiger partial charge in [0.05, 0.1) is 18.8 Å². The fourth-order valence-electron chi connectivity index (χ4n) is 1.18. The van der Waals surface area contributed by atoms with Crippen molar-refractivity contribution in [2.75, 3.05) is 20.2 Å². The van der Waals surface area contributed by atoms with Gasteiger partial charge in [0.15, 0.2) is 5.44 Å². The van der Waals surface area contributed by atoms with Crippen molar-refractivity contribution in [3.8, 4) is 0 Å². The third-order valence-corrected chi connectivity index (χ3v) is 3.49. The lowest BCUT2D eigenvalue weighted by Gasteiger charge is -2.20. The Kier molecular flexibility index (Phi) is 4.93. The Bertz CT molecular complexity index is 347. The fourth-order valence-corrected chi connectivity index (χ4v) is 1.67. The van der Waals surface area contributed by atoms with Crippen LogP contribution in [0.4, 0.5) is 0 Å². The summed E-state index contributed by atoms with van der Waals surface area (Å²) in [5.74, 6) is 0. The zero-order valence-electron chi connectivity index (χ0n) is 9.95. The Balaban J connectivity index is 1.62. The average molecular weight is 281 g/mol. The average Bonchev–Trinajstić information content (AvgIpc) is 3.12. The minimum Gasteiger partial charge on any atom is -0.746 e. The lowest BCUT2D eigenvalue weighted by molar-refractivity contribution is -0.118. The van der Waals surface area contributed by atoms with E-state index < -0.39 is 15.6 Å². The second kappa shape index (κ2) is 6.27. The molecule has 2 aliphatic carbocycles. The molecule has 0 radical (unpaired) electrons. The van der Waals surface area contributed by atoms with E-state index in [4.69, 9.17) is 18.9 Å². The topological polar surface area (TPSA) is 94.1 Å². The van der Waals surface area contributed by atoms with Crippen LogP contribution in [0, 0.1) is 0 Å². The van der Waals surface area contributed by atoms with Crippen LogP contribution in [-0.4, -0.2) is 50.8 Å². The summed E-state index contributed by atoms with van der Waals surface area (Å²) in [6.07, 6.45) is 4.25. The van der Waals surface area contributed by atoms with E-state index in [1.54, 1.807) is 0 Å². The highest BCUT2D eigenvalue weighted by atomic mass is 32.2. The molecule has 2 fully saturated rings. The molecule has 8 heteroatoms. The van der Waals surface area contributed by atoms with E-state index in [1.165, 1.54) is 0 Å². The molecule has 0 aromatic heterocycles. The van der Waals surface area contributed by atoms with E-state index in [-0.39, 0.29) is 32.4 Å². The quantitative estimate of drug-likeness (QED) is 0.320. The summed E-state index contributed by atoms with van der Waals surface area (Å²) < 4.78 is 52.8. The summed E-state index contributed by atoms with van der Waals surface area (Å²) in [5, 5.41) is 0. The van der Waals surface area contributed by atoms with E-state index in [0.29, 0.717) is 0 Å². The molecule has 0 spiro atoms. The van der Waals surface area contributed by atoms with Crippen LogP contribution in [0.25, 0.3) is 0 Å². The van der Waals surface area contributed by atoms with Crippen LogP contribution >= 0.6 is 0 Å². The molecule has 0 heterocycles. The summed E-state index contributed by atoms with van der Waals surface area (Å²) in [5.41, 5.74) is -1.54. The highest BCUT2D eigenvalue weighted by Crippen LogP contribution is 2.24. The molecule has 0 N–H and O–H groups in total. The summed E-state index contributed by atoms with van der Waals surface area (Å²) in [6.45, 7) is -0.570. The Morgan fingerprint density at radius 3 is 2.11 bits per heavy atom. The molecule has 0 amide bonds. The summed E-state index contributed by atoms with van der Waals surface area (Å²) in [4.78, 5) is 0. The van der Waals surface area contributed by atoms with E-state index >= 15 is 0 Å². The smallest absolute Gasteiger partial charge is 0.173 e. The highest BCUT2D eigenvalue weighted by molar-refractivity contribution is 7.86. The largest absolute Gasteiger partial charge is 0.746 e. The molecule has 18 heavy (non-hydrogen) atoms. The van der Waals surface area contributed by atoms with Crippen LogP contribution in [0.1, 0.15) is 25.7 Å². The van der Waals surface area contributed by atoms with Crippen LogP contribution in [0.2, 0.25) is 0 Å². The second-order valence-electron chi connectivity index (χ2n) is 4.43. The molecule has 2 rings (SSSR count). The van der Waals surface area contributed by atoms with Gasteiger partial charge < -0.3 is 23.5 Å². The Morgan fingerprint density at radius 1 is 1.06 bits per heavy atom. The van der Waals surface area contributed by atoms with E-state index in [1.807, 2.05) is 0 Å². The van der Waals surface area contributed by atoms with Gasteiger partial charge in [-0.25, -0.2) is 8.42 Å². The second-order valence-corrected chi connectivity index (χ2v) is 5.94. The van der Waals surface area contributed by atoms with Crippen molar-refractivity contribution in [3.05, 3.63) is 0 Å². The van der Waals surface area contributed by atoms with Gasteiger partial charge in [-0.3, -0.25) is 0 Å². The monoisotopic (exact) mass is 281 g/mol. The van der Waals surface area contributed by atoms with Crippen LogP contribution < -0.4 is 0 Å². The van der Waals surface area contributed by atoms with Crippen molar-refractivity contribution >= 4 is 10.1 Å². The van der Waals surface area contributed by atoms with Gasteiger partial charge in [-0.15, -0.1) is 0 Å². The van der Waals surface area contributed by atoms with Crippen molar-refractivity contribution < 1.29 is 31.9 Å². The standard InChI is InChI=1S/C10H18O7S/c11-18(12,13)10(17-7-16-9-3-4-9)5-14-6-15-8-1-2-8/h8-10H,1-7H2,(H,11,12,13)/p-1. The first-order chi connectivity index (χ1) is 8.55. The molecular weight excluding hydrogens is 264 g/mol. The van der Waals surface area contributed by atoms with Gasteiger partial charge in [0.25, 0.3) is 0 Å².